The number of nitrogens with zero attached hydrogens (tertiary/aromatic N) is 7. The first-order chi connectivity index (χ1) is 27.6. The lowest BCUT2D eigenvalue weighted by atomic mass is 10.1. The number of pyridine rings is 2. The SMILES string of the molecule is COc1ccc(-c2cc(C)c3c(n2)sc2c(Cl)nc(Cl)nc23)cc1OC.COc1ccc(-c2cc(C)c3c(n2)sc2c(N4CCNCC4)nc(Cl)nc23)cc1OC. The molecule has 1 aliphatic heterocycles. The van der Waals surface area contributed by atoms with Crippen LogP contribution in [0.25, 0.3) is 63.4 Å². The summed E-state index contributed by atoms with van der Waals surface area (Å²) in [4.78, 5) is 31.3. The molecule has 7 heterocycles. The molecular weight excluding hydrogens is 827 g/mol. The zero-order valence-electron chi connectivity index (χ0n) is 31.7. The Morgan fingerprint density at radius 2 is 1.05 bits per heavy atom. The molecule has 0 unspecified atom stereocenters. The summed E-state index contributed by atoms with van der Waals surface area (Å²) in [5, 5.41) is 6.10. The van der Waals surface area contributed by atoms with Gasteiger partial charge in [-0.25, -0.2) is 24.9 Å². The number of hydrogen-bond donors (Lipinski definition) is 1. The van der Waals surface area contributed by atoms with E-state index in [9.17, 15) is 0 Å². The molecule has 0 amide bonds. The minimum absolute atomic E-state index is 0.130. The Bertz CT molecular complexity index is 2830. The van der Waals surface area contributed by atoms with Crippen molar-refractivity contribution in [2.75, 3.05) is 59.5 Å². The van der Waals surface area contributed by atoms with Gasteiger partial charge >= 0.3 is 0 Å². The molecule has 12 nitrogen and oxygen atoms in total. The topological polar surface area (TPSA) is 130 Å². The van der Waals surface area contributed by atoms with Gasteiger partial charge in [-0.15, -0.1) is 22.7 Å². The first-order valence-corrected chi connectivity index (χ1v) is 20.5. The van der Waals surface area contributed by atoms with Crippen LogP contribution in [0.5, 0.6) is 23.0 Å². The van der Waals surface area contributed by atoms with Crippen LogP contribution in [0.1, 0.15) is 11.1 Å². The summed E-state index contributed by atoms with van der Waals surface area (Å²) >= 11 is 21.6. The number of aryl methyl sites for hydroxylation is 2. The highest BCUT2D eigenvalue weighted by molar-refractivity contribution is 7.26. The van der Waals surface area contributed by atoms with Crippen LogP contribution in [-0.2, 0) is 0 Å². The highest BCUT2D eigenvalue weighted by Gasteiger charge is 2.22. The smallest absolute Gasteiger partial charge is 0.224 e. The zero-order valence-corrected chi connectivity index (χ0v) is 35.6. The van der Waals surface area contributed by atoms with Gasteiger partial charge < -0.3 is 29.2 Å². The summed E-state index contributed by atoms with van der Waals surface area (Å²) in [5.74, 6) is 3.59. The van der Waals surface area contributed by atoms with E-state index in [0.717, 1.165) is 107 Å². The van der Waals surface area contributed by atoms with E-state index < -0.39 is 0 Å². The molecule has 0 radical (unpaired) electrons. The number of rotatable bonds is 7. The molecular formula is C40H35Cl3N8O4S2. The van der Waals surface area contributed by atoms with E-state index in [1.165, 1.54) is 11.3 Å². The predicted octanol–water partition coefficient (Wildman–Crippen LogP) is 9.83. The molecule has 2 aromatic carbocycles. The number of thiophene rings is 2. The van der Waals surface area contributed by atoms with Gasteiger partial charge in [0.15, 0.2) is 34.0 Å². The van der Waals surface area contributed by atoms with Crippen LogP contribution in [0.2, 0.25) is 15.7 Å². The zero-order chi connectivity index (χ0) is 40.0. The van der Waals surface area contributed by atoms with Crippen LogP contribution in [0.3, 0.4) is 0 Å². The molecule has 17 heteroatoms. The van der Waals surface area contributed by atoms with E-state index in [2.05, 4.69) is 43.1 Å². The van der Waals surface area contributed by atoms with Gasteiger partial charge in [0.1, 0.15) is 9.66 Å². The van der Waals surface area contributed by atoms with Crippen molar-refractivity contribution in [3.63, 3.8) is 0 Å². The molecule has 1 N–H and O–H groups in total. The fourth-order valence-electron chi connectivity index (χ4n) is 6.91. The first-order valence-electron chi connectivity index (χ1n) is 17.7. The molecule has 1 saturated heterocycles. The summed E-state index contributed by atoms with van der Waals surface area (Å²) in [7, 11) is 6.49. The maximum absolute atomic E-state index is 6.34. The number of ether oxygens (including phenoxy) is 4. The van der Waals surface area contributed by atoms with Gasteiger partial charge in [0.05, 0.1) is 60.3 Å². The third kappa shape index (κ3) is 7.41. The van der Waals surface area contributed by atoms with Gasteiger partial charge in [-0.05, 0) is 96.7 Å². The van der Waals surface area contributed by atoms with Crippen molar-refractivity contribution in [1.29, 1.82) is 0 Å². The van der Waals surface area contributed by atoms with Crippen molar-refractivity contribution >= 4 is 104 Å². The van der Waals surface area contributed by atoms with Crippen LogP contribution in [0.15, 0.2) is 48.5 Å². The minimum Gasteiger partial charge on any atom is -0.493 e. The number of fused-ring (bicyclic) bond motifs is 6. The second-order valence-corrected chi connectivity index (χ2v) is 16.1. The Labute approximate surface area is 350 Å². The van der Waals surface area contributed by atoms with Crippen molar-refractivity contribution in [2.45, 2.75) is 13.8 Å². The molecule has 0 bridgehead atoms. The quantitative estimate of drug-likeness (QED) is 0.121. The highest BCUT2D eigenvalue weighted by atomic mass is 35.5. The number of halogens is 3. The Hall–Kier alpha value is -4.83. The molecule has 292 valence electrons. The van der Waals surface area contributed by atoms with Crippen LogP contribution in [0, 0.1) is 13.8 Å². The predicted molar refractivity (Wildman–Crippen MR) is 232 cm³/mol. The lowest BCUT2D eigenvalue weighted by molar-refractivity contribution is 0.355. The third-order valence-corrected chi connectivity index (χ3v) is 12.5. The number of benzene rings is 2. The van der Waals surface area contributed by atoms with Crippen molar-refractivity contribution < 1.29 is 18.9 Å². The lowest BCUT2D eigenvalue weighted by Gasteiger charge is -2.28. The van der Waals surface area contributed by atoms with E-state index in [-0.39, 0.29) is 10.6 Å². The molecule has 0 saturated carbocycles. The first kappa shape index (κ1) is 39.0. The summed E-state index contributed by atoms with van der Waals surface area (Å²) in [5.41, 5.74) is 7.35. The summed E-state index contributed by atoms with van der Waals surface area (Å²) in [6.45, 7) is 7.73. The van der Waals surface area contributed by atoms with Crippen molar-refractivity contribution in [3.05, 3.63) is 75.4 Å². The maximum atomic E-state index is 6.34. The van der Waals surface area contributed by atoms with E-state index in [1.807, 2.05) is 49.4 Å². The number of aromatic nitrogens is 6. The average molecular weight is 862 g/mol. The minimum atomic E-state index is 0.130. The molecule has 1 fully saturated rings. The van der Waals surface area contributed by atoms with Gasteiger partial charge in [0.2, 0.25) is 10.6 Å². The number of methoxy groups -OCH3 is 4. The number of nitrogens with one attached hydrogen (secondary N) is 1. The maximum Gasteiger partial charge on any atom is 0.224 e. The van der Waals surface area contributed by atoms with Crippen LogP contribution in [0.4, 0.5) is 5.82 Å². The van der Waals surface area contributed by atoms with Crippen LogP contribution < -0.4 is 29.2 Å². The highest BCUT2D eigenvalue weighted by Crippen LogP contribution is 2.42. The van der Waals surface area contributed by atoms with Crippen molar-refractivity contribution in [2.24, 2.45) is 0 Å². The fraction of sp³-hybridized carbons (Fsp3) is 0.250. The molecule has 6 aromatic heterocycles. The molecule has 57 heavy (non-hydrogen) atoms. The third-order valence-electron chi connectivity index (χ3n) is 9.63. The van der Waals surface area contributed by atoms with Crippen molar-refractivity contribution in [3.8, 4) is 45.5 Å². The standard InChI is InChI=1S/C22H22ClN5O2S.C18H13Cl2N3O2S/c1-12-10-14(13-4-5-15(29-2)16(11-13)30-3)25-21-17(12)18-19(31-21)20(27-22(23)26-18)28-8-6-24-7-9-28;1-8-6-10(9-4-5-11(24-2)12(7-9)25-3)21-17-13(8)14-15(26-17)16(19)23-18(20)22-14/h4-5,10-11,24H,6-9H2,1-3H3;4-7H,1-3H3. The normalized spacial score (nSPS) is 13.0. The molecule has 0 spiro atoms. The van der Waals surface area contributed by atoms with Crippen LogP contribution >= 0.6 is 57.5 Å². The summed E-state index contributed by atoms with van der Waals surface area (Å²) < 4.78 is 23.3. The van der Waals surface area contributed by atoms with Gasteiger partial charge in [0.25, 0.3) is 0 Å². The molecule has 8 aromatic rings. The van der Waals surface area contributed by atoms with E-state index >= 15 is 0 Å². The van der Waals surface area contributed by atoms with E-state index in [1.54, 1.807) is 39.8 Å². The monoisotopic (exact) mass is 860 g/mol. The largest absolute Gasteiger partial charge is 0.493 e. The van der Waals surface area contributed by atoms with E-state index in [0.29, 0.717) is 28.2 Å². The van der Waals surface area contributed by atoms with Gasteiger partial charge in [-0.1, -0.05) is 11.6 Å². The van der Waals surface area contributed by atoms with Gasteiger partial charge in [0, 0.05) is 48.1 Å². The number of hydrogen-bond acceptors (Lipinski definition) is 14. The summed E-state index contributed by atoms with van der Waals surface area (Å²) in [6, 6.07) is 15.6. The van der Waals surface area contributed by atoms with Crippen LogP contribution in [-0.4, -0.2) is 84.5 Å². The van der Waals surface area contributed by atoms with E-state index in [4.69, 9.17) is 63.7 Å². The second-order valence-electron chi connectivity index (χ2n) is 13.0. The average Bonchev–Trinajstić information content (AvgIpc) is 3.79. The summed E-state index contributed by atoms with van der Waals surface area (Å²) in [6.07, 6.45) is 0. The molecule has 1 aliphatic rings. The Balaban J connectivity index is 0.000000162. The molecule has 0 aliphatic carbocycles. The van der Waals surface area contributed by atoms with Gasteiger partial charge in [-0.2, -0.15) is 4.98 Å². The van der Waals surface area contributed by atoms with Gasteiger partial charge in [-0.3, -0.25) is 0 Å². The Kier molecular flexibility index (Phi) is 11.1. The van der Waals surface area contributed by atoms with Crippen molar-refractivity contribution in [1.82, 2.24) is 35.2 Å². The second kappa shape index (κ2) is 16.2. The molecule has 0 atom stereocenters. The fourth-order valence-corrected chi connectivity index (χ4v) is 9.86. The number of piperazine rings is 1. The Morgan fingerprint density at radius 1 is 0.579 bits per heavy atom. The Morgan fingerprint density at radius 3 is 1.56 bits per heavy atom. The number of anilines is 1. The lowest BCUT2D eigenvalue weighted by Crippen LogP contribution is -2.44. The molecule has 9 rings (SSSR count).